The highest BCUT2D eigenvalue weighted by Crippen LogP contribution is 2.48. The summed E-state index contributed by atoms with van der Waals surface area (Å²) in [6, 6.07) is 0.398. The second kappa shape index (κ2) is 5.48. The molecule has 6 heteroatoms. The zero-order valence-corrected chi connectivity index (χ0v) is 11.6. The standard InChI is InChI=1S/C14H17B2NO3.CH4/c1-14(5-7-3-2-4-17-7)6-20-13-8(14)11(18)12(19)9(15)10(13)16;/h7,17-19H,2-6H2,1H3;1H4/t7-,14?;/m1./s1. The minimum atomic E-state index is -0.374. The zero-order chi connectivity index (χ0) is 14.5. The van der Waals surface area contributed by atoms with Crippen molar-refractivity contribution in [3.8, 4) is 17.2 Å². The van der Waals surface area contributed by atoms with Gasteiger partial charge in [0, 0.05) is 17.0 Å². The topological polar surface area (TPSA) is 61.7 Å². The van der Waals surface area contributed by atoms with Gasteiger partial charge in [0.05, 0.1) is 6.61 Å². The molecule has 2 heterocycles. The third-order valence-corrected chi connectivity index (χ3v) is 4.48. The van der Waals surface area contributed by atoms with Crippen molar-refractivity contribution in [2.45, 2.75) is 45.1 Å². The molecule has 2 aliphatic heterocycles. The second-order valence-electron chi connectivity index (χ2n) is 6.08. The van der Waals surface area contributed by atoms with Crippen molar-refractivity contribution < 1.29 is 14.9 Å². The Morgan fingerprint density at radius 2 is 2.00 bits per heavy atom. The average Bonchev–Trinajstić information content (AvgIpc) is 3.02. The molecule has 21 heavy (non-hydrogen) atoms. The Labute approximate surface area is 128 Å². The molecule has 2 aliphatic rings. The first-order valence-corrected chi connectivity index (χ1v) is 6.93. The molecule has 1 fully saturated rings. The Hall–Kier alpha value is -1.29. The fraction of sp³-hybridized carbons (Fsp3) is 0.600. The van der Waals surface area contributed by atoms with Gasteiger partial charge < -0.3 is 20.3 Å². The maximum Gasteiger partial charge on any atom is 0.164 e. The van der Waals surface area contributed by atoms with Crippen molar-refractivity contribution >= 4 is 26.6 Å². The van der Waals surface area contributed by atoms with Crippen molar-refractivity contribution in [2.75, 3.05) is 13.2 Å². The van der Waals surface area contributed by atoms with E-state index in [9.17, 15) is 10.2 Å². The number of ether oxygens (including phenoxy) is 1. The van der Waals surface area contributed by atoms with E-state index in [2.05, 4.69) is 5.32 Å². The van der Waals surface area contributed by atoms with Gasteiger partial charge in [-0.3, -0.25) is 0 Å². The lowest BCUT2D eigenvalue weighted by atomic mass is 9.72. The molecule has 3 rings (SSSR count). The number of benzene rings is 1. The highest BCUT2D eigenvalue weighted by molar-refractivity contribution is 6.51. The van der Waals surface area contributed by atoms with Crippen LogP contribution in [0.1, 0.15) is 39.2 Å². The van der Waals surface area contributed by atoms with Gasteiger partial charge >= 0.3 is 0 Å². The van der Waals surface area contributed by atoms with Crippen LogP contribution in [0.4, 0.5) is 0 Å². The van der Waals surface area contributed by atoms with Gasteiger partial charge in [-0.05, 0) is 25.8 Å². The Morgan fingerprint density at radius 3 is 2.62 bits per heavy atom. The smallest absolute Gasteiger partial charge is 0.164 e. The van der Waals surface area contributed by atoms with Crippen molar-refractivity contribution in [2.24, 2.45) is 0 Å². The summed E-state index contributed by atoms with van der Waals surface area (Å²) in [5, 5.41) is 23.6. The molecule has 4 nitrogen and oxygen atoms in total. The monoisotopic (exact) mass is 285 g/mol. The van der Waals surface area contributed by atoms with Gasteiger partial charge in [0.2, 0.25) is 0 Å². The SMILES string of the molecule is C.[B]c1c([B])c2c(c(O)c1O)C(C)(C[C@H]1CCCN1)CO2. The van der Waals surface area contributed by atoms with Gasteiger partial charge in [-0.2, -0.15) is 0 Å². The molecule has 110 valence electrons. The molecule has 0 bridgehead atoms. The van der Waals surface area contributed by atoms with Crippen molar-refractivity contribution in [1.82, 2.24) is 5.32 Å². The van der Waals surface area contributed by atoms with Gasteiger partial charge in [-0.1, -0.05) is 25.3 Å². The first-order valence-electron chi connectivity index (χ1n) is 6.93. The lowest BCUT2D eigenvalue weighted by Crippen LogP contribution is -2.34. The molecule has 3 N–H and O–H groups in total. The van der Waals surface area contributed by atoms with Crippen LogP contribution in [0.3, 0.4) is 0 Å². The third kappa shape index (κ3) is 2.39. The summed E-state index contributed by atoms with van der Waals surface area (Å²) >= 11 is 0. The van der Waals surface area contributed by atoms with E-state index in [0.717, 1.165) is 25.8 Å². The fourth-order valence-corrected chi connectivity index (χ4v) is 3.39. The fourth-order valence-electron chi connectivity index (χ4n) is 3.39. The summed E-state index contributed by atoms with van der Waals surface area (Å²) in [5.41, 5.74) is 0.388. The van der Waals surface area contributed by atoms with Crippen LogP contribution < -0.4 is 21.0 Å². The number of hydrogen-bond donors (Lipinski definition) is 3. The lowest BCUT2D eigenvalue weighted by molar-refractivity contribution is 0.252. The van der Waals surface area contributed by atoms with Crippen LogP contribution in [0, 0.1) is 0 Å². The Balaban J connectivity index is 0.00000161. The number of fused-ring (bicyclic) bond motifs is 1. The van der Waals surface area contributed by atoms with Gasteiger partial charge in [-0.25, -0.2) is 0 Å². The Kier molecular flexibility index (Phi) is 4.20. The summed E-state index contributed by atoms with van der Waals surface area (Å²) in [4.78, 5) is 0. The van der Waals surface area contributed by atoms with Gasteiger partial charge in [0.15, 0.2) is 5.75 Å². The first-order chi connectivity index (χ1) is 9.44. The average molecular weight is 285 g/mol. The van der Waals surface area contributed by atoms with E-state index in [-0.39, 0.29) is 35.3 Å². The molecule has 0 aromatic heterocycles. The number of aromatic hydroxyl groups is 2. The maximum atomic E-state index is 10.2. The first kappa shape index (κ1) is 16.1. The highest BCUT2D eigenvalue weighted by Gasteiger charge is 2.43. The number of phenols is 2. The van der Waals surface area contributed by atoms with E-state index < -0.39 is 0 Å². The number of hydrogen-bond acceptors (Lipinski definition) is 4. The summed E-state index contributed by atoms with van der Waals surface area (Å²) in [7, 11) is 11.6. The van der Waals surface area contributed by atoms with Crippen LogP contribution in [0.5, 0.6) is 17.2 Å². The van der Waals surface area contributed by atoms with Crippen molar-refractivity contribution in [1.29, 1.82) is 0 Å². The molecule has 1 saturated heterocycles. The summed E-state index contributed by atoms with van der Waals surface area (Å²) in [5.74, 6) is -0.139. The summed E-state index contributed by atoms with van der Waals surface area (Å²) < 4.78 is 5.67. The van der Waals surface area contributed by atoms with E-state index in [4.69, 9.17) is 20.4 Å². The Bertz CT molecular complexity index is 559. The number of phenolic OH excluding ortho intramolecular Hbond substituents is 2. The largest absolute Gasteiger partial charge is 0.505 e. The van der Waals surface area contributed by atoms with E-state index in [0.29, 0.717) is 24.0 Å². The zero-order valence-electron chi connectivity index (χ0n) is 11.6. The van der Waals surface area contributed by atoms with Crippen LogP contribution in [0.15, 0.2) is 0 Å². The summed E-state index contributed by atoms with van der Waals surface area (Å²) in [6.07, 6.45) is 3.11. The molecule has 1 unspecified atom stereocenters. The molecule has 1 aromatic carbocycles. The van der Waals surface area contributed by atoms with E-state index in [1.54, 1.807) is 0 Å². The highest BCUT2D eigenvalue weighted by atomic mass is 16.5. The molecule has 4 radical (unpaired) electrons. The van der Waals surface area contributed by atoms with Crippen LogP contribution in [0.2, 0.25) is 0 Å². The molecular formula is C15H21B2NO3. The van der Waals surface area contributed by atoms with Crippen molar-refractivity contribution in [3.05, 3.63) is 5.56 Å². The normalized spacial score (nSPS) is 27.0. The van der Waals surface area contributed by atoms with Crippen LogP contribution in [-0.4, -0.2) is 45.1 Å². The lowest BCUT2D eigenvalue weighted by Gasteiger charge is -2.27. The molecule has 0 spiro atoms. The molecular weight excluding hydrogens is 264 g/mol. The quantitative estimate of drug-likeness (QED) is 0.533. The maximum absolute atomic E-state index is 10.2. The van der Waals surface area contributed by atoms with Gasteiger partial charge in [0.25, 0.3) is 0 Å². The van der Waals surface area contributed by atoms with E-state index in [1.807, 2.05) is 6.92 Å². The molecule has 2 atom stereocenters. The predicted molar refractivity (Wildman–Crippen MR) is 85.8 cm³/mol. The van der Waals surface area contributed by atoms with Crippen LogP contribution >= 0.6 is 0 Å². The van der Waals surface area contributed by atoms with Crippen LogP contribution in [-0.2, 0) is 5.41 Å². The van der Waals surface area contributed by atoms with E-state index in [1.165, 1.54) is 0 Å². The molecule has 0 aliphatic carbocycles. The molecule has 0 saturated carbocycles. The Morgan fingerprint density at radius 1 is 1.29 bits per heavy atom. The third-order valence-electron chi connectivity index (χ3n) is 4.48. The second-order valence-corrected chi connectivity index (χ2v) is 6.08. The molecule has 1 aromatic rings. The minimum Gasteiger partial charge on any atom is -0.505 e. The summed E-state index contributed by atoms with van der Waals surface area (Å²) in [6.45, 7) is 3.48. The molecule has 0 amide bonds. The predicted octanol–water partition coefficient (Wildman–Crippen LogP) is 0.114. The van der Waals surface area contributed by atoms with Gasteiger partial charge in [-0.15, -0.1) is 0 Å². The van der Waals surface area contributed by atoms with E-state index >= 15 is 0 Å². The number of nitrogens with one attached hydrogen (secondary N) is 1. The minimum absolute atomic E-state index is 0. The van der Waals surface area contributed by atoms with Crippen molar-refractivity contribution in [3.63, 3.8) is 0 Å². The van der Waals surface area contributed by atoms with Crippen LogP contribution in [0.25, 0.3) is 0 Å². The number of rotatable bonds is 2. The van der Waals surface area contributed by atoms with Gasteiger partial charge in [0.1, 0.15) is 27.2 Å².